The Bertz CT molecular complexity index is 443. The molecule has 1 rings (SSSR count). The van der Waals surface area contributed by atoms with E-state index in [2.05, 4.69) is 10.6 Å². The topological polar surface area (TPSA) is 41.1 Å². The van der Waals surface area contributed by atoms with Crippen molar-refractivity contribution < 1.29 is 13.6 Å². The number of rotatable bonds is 6. The van der Waals surface area contributed by atoms with E-state index in [4.69, 9.17) is 0 Å². The number of carbonyl (C=O) groups excluding carboxylic acids is 1. The zero-order valence-electron chi connectivity index (χ0n) is 11.9. The van der Waals surface area contributed by atoms with Crippen LogP contribution in [0.4, 0.5) is 8.78 Å². The van der Waals surface area contributed by atoms with Crippen LogP contribution in [-0.4, -0.2) is 19.5 Å². The molecule has 2 unspecified atom stereocenters. The van der Waals surface area contributed by atoms with E-state index < -0.39 is 17.7 Å². The van der Waals surface area contributed by atoms with Gasteiger partial charge in [-0.25, -0.2) is 8.78 Å². The van der Waals surface area contributed by atoms with Gasteiger partial charge in [0.2, 0.25) is 5.91 Å². The number of benzene rings is 1. The van der Waals surface area contributed by atoms with Gasteiger partial charge in [-0.3, -0.25) is 4.79 Å². The summed E-state index contributed by atoms with van der Waals surface area (Å²) in [7, 11) is 1.76. The zero-order valence-corrected chi connectivity index (χ0v) is 12.7. The minimum absolute atomic E-state index is 0. The predicted molar refractivity (Wildman–Crippen MR) is 77.9 cm³/mol. The fourth-order valence-corrected chi connectivity index (χ4v) is 1.90. The average molecular weight is 307 g/mol. The lowest BCUT2D eigenvalue weighted by Gasteiger charge is -2.20. The van der Waals surface area contributed by atoms with Gasteiger partial charge in [0.05, 0.1) is 6.04 Å². The Morgan fingerprint density at radius 3 is 2.50 bits per heavy atom. The van der Waals surface area contributed by atoms with Gasteiger partial charge in [0, 0.05) is 24.1 Å². The van der Waals surface area contributed by atoms with E-state index in [1.165, 1.54) is 12.1 Å². The van der Waals surface area contributed by atoms with Crippen molar-refractivity contribution >= 4 is 18.3 Å². The smallest absolute Gasteiger partial charge is 0.224 e. The molecule has 0 aliphatic carbocycles. The second kappa shape index (κ2) is 8.87. The lowest BCUT2D eigenvalue weighted by Crippen LogP contribution is -2.36. The highest BCUT2D eigenvalue weighted by Crippen LogP contribution is 2.21. The molecule has 20 heavy (non-hydrogen) atoms. The van der Waals surface area contributed by atoms with Crippen LogP contribution in [0, 0.1) is 17.6 Å². The van der Waals surface area contributed by atoms with Gasteiger partial charge in [-0.05, 0) is 19.5 Å². The van der Waals surface area contributed by atoms with Crippen LogP contribution < -0.4 is 10.6 Å². The predicted octanol–water partition coefficient (Wildman–Crippen LogP) is 2.81. The number of nitrogens with one attached hydrogen (secondary N) is 2. The summed E-state index contributed by atoms with van der Waals surface area (Å²) >= 11 is 0. The Morgan fingerprint density at radius 2 is 2.00 bits per heavy atom. The second-order valence-corrected chi connectivity index (χ2v) is 4.59. The van der Waals surface area contributed by atoms with Gasteiger partial charge in [0.15, 0.2) is 0 Å². The fourth-order valence-electron chi connectivity index (χ4n) is 1.90. The molecule has 2 atom stereocenters. The minimum Gasteiger partial charge on any atom is -0.349 e. The summed E-state index contributed by atoms with van der Waals surface area (Å²) in [5.41, 5.74) is 0.314. The molecule has 0 aromatic heterocycles. The highest BCUT2D eigenvalue weighted by molar-refractivity contribution is 5.85. The Hall–Kier alpha value is -1.20. The summed E-state index contributed by atoms with van der Waals surface area (Å²) in [5, 5.41) is 5.70. The van der Waals surface area contributed by atoms with Crippen LogP contribution in [0.2, 0.25) is 0 Å². The van der Waals surface area contributed by atoms with Crippen molar-refractivity contribution in [2.24, 2.45) is 5.92 Å². The Balaban J connectivity index is 0.00000361. The molecule has 0 fully saturated rings. The van der Waals surface area contributed by atoms with Crippen molar-refractivity contribution in [3.05, 3.63) is 35.4 Å². The molecule has 2 N–H and O–H groups in total. The number of carbonyl (C=O) groups is 1. The molecule has 0 saturated carbocycles. The van der Waals surface area contributed by atoms with Crippen LogP contribution >= 0.6 is 12.4 Å². The number of halogens is 3. The zero-order chi connectivity index (χ0) is 14.4. The van der Waals surface area contributed by atoms with Gasteiger partial charge < -0.3 is 10.6 Å². The van der Waals surface area contributed by atoms with Gasteiger partial charge in [-0.1, -0.05) is 19.9 Å². The number of amides is 1. The SMILES string of the molecule is CCC(NC(=O)C(C)CNC)c1ccc(F)cc1F.Cl. The minimum atomic E-state index is -0.631. The fraction of sp³-hybridized carbons (Fsp3) is 0.500. The molecule has 0 radical (unpaired) electrons. The normalized spacial score (nSPS) is 13.2. The van der Waals surface area contributed by atoms with E-state index in [1.807, 2.05) is 6.92 Å². The third-order valence-electron chi connectivity index (χ3n) is 3.02. The van der Waals surface area contributed by atoms with E-state index in [0.717, 1.165) is 6.07 Å². The summed E-state index contributed by atoms with van der Waals surface area (Å²) < 4.78 is 26.6. The molecule has 6 heteroatoms. The maximum absolute atomic E-state index is 13.7. The van der Waals surface area contributed by atoms with Crippen LogP contribution in [0.5, 0.6) is 0 Å². The molecule has 0 bridgehead atoms. The van der Waals surface area contributed by atoms with E-state index in [1.54, 1.807) is 14.0 Å². The van der Waals surface area contributed by atoms with Crippen molar-refractivity contribution in [1.82, 2.24) is 10.6 Å². The Labute approximate surface area is 124 Å². The van der Waals surface area contributed by atoms with Crippen molar-refractivity contribution in [2.45, 2.75) is 26.3 Å². The lowest BCUT2D eigenvalue weighted by molar-refractivity contribution is -0.125. The molecule has 3 nitrogen and oxygen atoms in total. The molecule has 0 saturated heterocycles. The van der Waals surface area contributed by atoms with Gasteiger partial charge >= 0.3 is 0 Å². The first kappa shape index (κ1) is 18.8. The average Bonchev–Trinajstić information content (AvgIpc) is 2.36. The van der Waals surface area contributed by atoms with Gasteiger partial charge in [-0.15, -0.1) is 12.4 Å². The standard InChI is InChI=1S/C14H20F2N2O.ClH/c1-4-13(18-14(19)9(2)8-17-3)11-6-5-10(15)7-12(11)16;/h5-7,9,13,17H,4,8H2,1-3H3,(H,18,19);1H. The van der Waals surface area contributed by atoms with Crippen molar-refractivity contribution in [3.63, 3.8) is 0 Å². The Morgan fingerprint density at radius 1 is 1.35 bits per heavy atom. The summed E-state index contributed by atoms with van der Waals surface area (Å²) in [6, 6.07) is 2.97. The molecule has 1 amide bonds. The quantitative estimate of drug-likeness (QED) is 0.848. The molecule has 114 valence electrons. The summed E-state index contributed by atoms with van der Waals surface area (Å²) in [6.07, 6.45) is 0.542. The second-order valence-electron chi connectivity index (χ2n) is 4.59. The molecule has 1 aromatic rings. The molecule has 0 heterocycles. The van der Waals surface area contributed by atoms with Crippen LogP contribution in [0.1, 0.15) is 31.9 Å². The van der Waals surface area contributed by atoms with Gasteiger partial charge in [0.25, 0.3) is 0 Å². The molecule has 0 aliphatic rings. The molecular weight excluding hydrogens is 286 g/mol. The maximum atomic E-state index is 13.7. The first-order valence-electron chi connectivity index (χ1n) is 6.39. The van der Waals surface area contributed by atoms with E-state index in [0.29, 0.717) is 18.5 Å². The highest BCUT2D eigenvalue weighted by Gasteiger charge is 2.19. The summed E-state index contributed by atoms with van der Waals surface area (Å²) in [6.45, 7) is 4.18. The largest absolute Gasteiger partial charge is 0.349 e. The van der Waals surface area contributed by atoms with Crippen LogP contribution in [-0.2, 0) is 4.79 Å². The Kier molecular flexibility index (Phi) is 8.34. The molecule has 0 aliphatic heterocycles. The van der Waals surface area contributed by atoms with E-state index >= 15 is 0 Å². The monoisotopic (exact) mass is 306 g/mol. The first-order valence-corrected chi connectivity index (χ1v) is 6.39. The van der Waals surface area contributed by atoms with Crippen molar-refractivity contribution in [1.29, 1.82) is 0 Å². The maximum Gasteiger partial charge on any atom is 0.224 e. The summed E-state index contributed by atoms with van der Waals surface area (Å²) in [4.78, 5) is 11.9. The molecule has 0 spiro atoms. The van der Waals surface area contributed by atoms with Crippen molar-refractivity contribution in [3.8, 4) is 0 Å². The third kappa shape index (κ3) is 5.06. The van der Waals surface area contributed by atoms with Crippen LogP contribution in [0.15, 0.2) is 18.2 Å². The molecule has 1 aromatic carbocycles. The lowest BCUT2D eigenvalue weighted by atomic mass is 10.0. The van der Waals surface area contributed by atoms with Crippen LogP contribution in [0.3, 0.4) is 0 Å². The van der Waals surface area contributed by atoms with E-state index in [9.17, 15) is 13.6 Å². The molecular formula is C14H21ClF2N2O. The highest BCUT2D eigenvalue weighted by atomic mass is 35.5. The third-order valence-corrected chi connectivity index (χ3v) is 3.02. The van der Waals surface area contributed by atoms with Crippen LogP contribution in [0.25, 0.3) is 0 Å². The van der Waals surface area contributed by atoms with Gasteiger partial charge in [0.1, 0.15) is 11.6 Å². The summed E-state index contributed by atoms with van der Waals surface area (Å²) in [5.74, 6) is -1.60. The number of hydrogen-bond acceptors (Lipinski definition) is 2. The van der Waals surface area contributed by atoms with E-state index in [-0.39, 0.29) is 24.2 Å². The van der Waals surface area contributed by atoms with Crippen molar-refractivity contribution in [2.75, 3.05) is 13.6 Å². The first-order chi connectivity index (χ1) is 8.99. The number of hydrogen-bond donors (Lipinski definition) is 2. The van der Waals surface area contributed by atoms with Gasteiger partial charge in [-0.2, -0.15) is 0 Å².